The molecule has 0 aromatic heterocycles. The highest BCUT2D eigenvalue weighted by Gasteiger charge is 2.18. The van der Waals surface area contributed by atoms with Crippen LogP contribution in [0.4, 0.5) is 0 Å². The Morgan fingerprint density at radius 3 is 1.35 bits per heavy atom. The van der Waals surface area contributed by atoms with E-state index in [2.05, 4.69) is 95.3 Å². The molecule has 0 aliphatic heterocycles. The Hall–Kier alpha value is -0.242. The van der Waals surface area contributed by atoms with E-state index >= 15 is 0 Å². The average Bonchev–Trinajstić information content (AvgIpc) is 2.60. The van der Waals surface area contributed by atoms with Crippen LogP contribution in [0.5, 0.6) is 0 Å². The van der Waals surface area contributed by atoms with E-state index in [1.54, 1.807) is 0 Å². The molecule has 31 heavy (non-hydrogen) atoms. The molecule has 0 saturated heterocycles. The summed E-state index contributed by atoms with van der Waals surface area (Å²) in [6.45, 7) is 30.0. The van der Waals surface area contributed by atoms with Gasteiger partial charge in [0.2, 0.25) is 0 Å². The number of terminal acetylenes is 1. The monoisotopic (exact) mass is 512 g/mol. The number of hydrogen-bond donors (Lipinski definition) is 0. The second-order valence-corrected chi connectivity index (χ2v) is 32.6. The minimum absolute atomic E-state index is 1.10. The number of unbranched alkanes of at least 4 members (excludes halogenated alkanes) is 4. The fourth-order valence-corrected chi connectivity index (χ4v) is 7.71. The first-order valence-corrected chi connectivity index (χ1v) is 26.2. The van der Waals surface area contributed by atoms with Gasteiger partial charge in [0, 0.05) is 0 Å². The van der Waals surface area contributed by atoms with E-state index < -0.39 is 31.6 Å². The summed E-state index contributed by atoms with van der Waals surface area (Å²) in [6.07, 6.45) is 16.5. The summed E-state index contributed by atoms with van der Waals surface area (Å²) in [7, 11) is -4.76. The standard InChI is InChI=1S/C13H26Si2.C8H17ClSi.C5H10Si/c1-7-8-9-10-11-15(5,6)13-12-14(2,3)4;1-4-5-6-7-8-10(2,3)9;1-5-6(2,3)4/h7H,1,8-11H2,2-6H3;4H,1,5-8H2,2-3H3;1H,2-4H3. The van der Waals surface area contributed by atoms with Crippen molar-refractivity contribution >= 4 is 42.7 Å². The lowest BCUT2D eigenvalue weighted by Crippen LogP contribution is -2.26. The largest absolute Gasteiger partial charge is 0.168 e. The Labute approximate surface area is 206 Å². The van der Waals surface area contributed by atoms with Crippen LogP contribution < -0.4 is 0 Å². The van der Waals surface area contributed by atoms with Gasteiger partial charge in [-0.2, -0.15) is 11.1 Å². The van der Waals surface area contributed by atoms with Crippen LogP contribution >= 0.6 is 11.1 Å². The maximum atomic E-state index is 6.13. The molecule has 0 rings (SSSR count). The molecule has 0 amide bonds. The third-order valence-electron chi connectivity index (χ3n) is 4.10. The zero-order valence-corrected chi connectivity index (χ0v) is 27.4. The van der Waals surface area contributed by atoms with Gasteiger partial charge in [0.05, 0.1) is 0 Å². The Bertz CT molecular complexity index is 570. The highest BCUT2D eigenvalue weighted by molar-refractivity contribution is 7.19. The second-order valence-electron chi connectivity index (χ2n) is 11.6. The Kier molecular flexibility index (Phi) is 20.8. The quantitative estimate of drug-likeness (QED) is 0.0897. The predicted octanol–water partition coefficient (Wildman–Crippen LogP) is 9.75. The van der Waals surface area contributed by atoms with Gasteiger partial charge in [0.15, 0.2) is 0 Å². The molecule has 0 nitrogen and oxygen atoms in total. The summed E-state index contributed by atoms with van der Waals surface area (Å²) in [5, 5.41) is 0. The SMILES string of the molecule is C#C[Si](C)(C)C.C=CCCCC[Si](C)(C)C#C[Si](C)(C)C.C=CCCCC[Si](C)(C)Cl. The molecule has 0 heterocycles. The number of allylic oxidation sites excluding steroid dienone is 2. The molecule has 0 aromatic rings. The Morgan fingerprint density at radius 2 is 1.06 bits per heavy atom. The van der Waals surface area contributed by atoms with E-state index in [9.17, 15) is 0 Å². The fourth-order valence-electron chi connectivity index (χ4n) is 2.11. The maximum absolute atomic E-state index is 6.13. The van der Waals surface area contributed by atoms with Crippen molar-refractivity contribution in [2.45, 2.75) is 116 Å². The van der Waals surface area contributed by atoms with Gasteiger partial charge in [-0.05, 0) is 24.9 Å². The van der Waals surface area contributed by atoms with Gasteiger partial charge in [-0.25, -0.2) is 0 Å². The van der Waals surface area contributed by atoms with Crippen LogP contribution in [0, 0.1) is 23.1 Å². The lowest BCUT2D eigenvalue weighted by molar-refractivity contribution is 0.806. The minimum Gasteiger partial charge on any atom is -0.168 e. The van der Waals surface area contributed by atoms with Crippen LogP contribution in [0.15, 0.2) is 25.3 Å². The lowest BCUT2D eigenvalue weighted by Gasteiger charge is -2.15. The van der Waals surface area contributed by atoms with Gasteiger partial charge < -0.3 is 0 Å². The molecule has 0 saturated carbocycles. The van der Waals surface area contributed by atoms with Gasteiger partial charge in [-0.1, -0.05) is 103 Å². The lowest BCUT2D eigenvalue weighted by atomic mass is 10.2. The van der Waals surface area contributed by atoms with E-state index in [1.807, 2.05) is 12.2 Å². The summed E-state index contributed by atoms with van der Waals surface area (Å²) in [5.41, 5.74) is 9.88. The van der Waals surface area contributed by atoms with Crippen LogP contribution in [0.3, 0.4) is 0 Å². The predicted molar refractivity (Wildman–Crippen MR) is 162 cm³/mol. The maximum Gasteiger partial charge on any atom is 0.150 e. The average molecular weight is 514 g/mol. The van der Waals surface area contributed by atoms with Crippen LogP contribution in [0.1, 0.15) is 38.5 Å². The normalized spacial score (nSPS) is 11.4. The zero-order valence-electron chi connectivity index (χ0n) is 22.7. The first-order chi connectivity index (χ1) is 13.9. The summed E-state index contributed by atoms with van der Waals surface area (Å²) < 4.78 is 0. The van der Waals surface area contributed by atoms with Crippen LogP contribution in [0.25, 0.3) is 0 Å². The molecule has 180 valence electrons. The third kappa shape index (κ3) is 40.6. The summed E-state index contributed by atoms with van der Waals surface area (Å²) in [5.74, 6) is 0. The highest BCUT2D eigenvalue weighted by atomic mass is 35.6. The first kappa shape index (κ1) is 35.3. The van der Waals surface area contributed by atoms with Gasteiger partial charge in [-0.15, -0.1) is 36.2 Å². The van der Waals surface area contributed by atoms with E-state index in [0.717, 1.165) is 12.8 Å². The fraction of sp³-hybridized carbons (Fsp3) is 0.692. The highest BCUT2D eigenvalue weighted by Crippen LogP contribution is 2.18. The smallest absolute Gasteiger partial charge is 0.150 e. The Morgan fingerprint density at radius 1 is 0.677 bits per heavy atom. The van der Waals surface area contributed by atoms with Gasteiger partial charge in [0.1, 0.15) is 31.6 Å². The topological polar surface area (TPSA) is 0 Å². The third-order valence-corrected chi connectivity index (χ3v) is 10.6. The Balaban J connectivity index is -0.000000421. The van der Waals surface area contributed by atoms with E-state index in [-0.39, 0.29) is 0 Å². The summed E-state index contributed by atoms with van der Waals surface area (Å²) in [4.78, 5) is 0. The van der Waals surface area contributed by atoms with E-state index in [1.165, 1.54) is 37.8 Å². The molecule has 0 unspecified atom stereocenters. The van der Waals surface area contributed by atoms with Crippen molar-refractivity contribution in [3.63, 3.8) is 0 Å². The molecule has 0 fully saturated rings. The van der Waals surface area contributed by atoms with Crippen LogP contribution in [0.2, 0.25) is 77.6 Å². The van der Waals surface area contributed by atoms with Crippen molar-refractivity contribution in [2.75, 3.05) is 0 Å². The molecule has 0 aliphatic rings. The van der Waals surface area contributed by atoms with Crippen molar-refractivity contribution in [2.24, 2.45) is 0 Å². The molecule has 0 radical (unpaired) electrons. The molecule has 0 N–H and O–H groups in total. The molecule has 0 spiro atoms. The van der Waals surface area contributed by atoms with Gasteiger partial charge in [-0.3, -0.25) is 0 Å². The van der Waals surface area contributed by atoms with Crippen LogP contribution in [-0.4, -0.2) is 31.6 Å². The van der Waals surface area contributed by atoms with Crippen molar-refractivity contribution in [3.8, 4) is 23.1 Å². The molecule has 0 aliphatic carbocycles. The molecular formula is C26H53ClSi4. The zero-order chi connectivity index (χ0) is 25.2. The summed E-state index contributed by atoms with van der Waals surface area (Å²) in [6, 6.07) is 2.58. The molecule has 0 atom stereocenters. The molecule has 0 bridgehead atoms. The summed E-state index contributed by atoms with van der Waals surface area (Å²) >= 11 is 6.13. The van der Waals surface area contributed by atoms with Gasteiger partial charge in [0.25, 0.3) is 0 Å². The second kappa shape index (κ2) is 18.2. The van der Waals surface area contributed by atoms with Gasteiger partial charge >= 0.3 is 0 Å². The number of hydrogen-bond acceptors (Lipinski definition) is 0. The molecular weight excluding hydrogens is 460 g/mol. The van der Waals surface area contributed by atoms with Crippen molar-refractivity contribution in [3.05, 3.63) is 25.3 Å². The van der Waals surface area contributed by atoms with Crippen LogP contribution in [-0.2, 0) is 0 Å². The van der Waals surface area contributed by atoms with Crippen molar-refractivity contribution < 1.29 is 0 Å². The molecule has 5 heteroatoms. The van der Waals surface area contributed by atoms with Crippen molar-refractivity contribution in [1.82, 2.24) is 0 Å². The first-order valence-electron chi connectivity index (χ1n) is 11.8. The number of rotatable bonds is 10. The van der Waals surface area contributed by atoms with Crippen molar-refractivity contribution in [1.29, 1.82) is 0 Å². The van der Waals surface area contributed by atoms with E-state index in [0.29, 0.717) is 0 Å². The molecule has 0 aromatic carbocycles. The number of halogens is 1. The van der Waals surface area contributed by atoms with E-state index in [4.69, 9.17) is 17.5 Å². The minimum atomic E-state index is -1.27.